The van der Waals surface area contributed by atoms with E-state index in [4.69, 9.17) is 14.2 Å². The van der Waals surface area contributed by atoms with Crippen molar-refractivity contribution >= 4 is 0 Å². The Labute approximate surface area is 152 Å². The highest BCUT2D eigenvalue weighted by atomic mass is 16.7. The van der Waals surface area contributed by atoms with Gasteiger partial charge in [0.1, 0.15) is 6.10 Å². The minimum absolute atomic E-state index is 0.0244. The molecule has 0 aromatic heterocycles. The molecule has 2 fully saturated rings. The number of hydrogen-bond acceptors (Lipinski definition) is 4. The maximum Gasteiger partial charge on any atom is 0.184 e. The molecular formula is C22H22O4. The van der Waals surface area contributed by atoms with Gasteiger partial charge in [-0.05, 0) is 22.3 Å². The Morgan fingerprint density at radius 1 is 1.08 bits per heavy atom. The van der Waals surface area contributed by atoms with Crippen LogP contribution in [0.3, 0.4) is 0 Å². The largest absolute Gasteiger partial charge is 0.387 e. The van der Waals surface area contributed by atoms with E-state index in [9.17, 15) is 5.11 Å². The number of ether oxygens (including phenoxy) is 3. The SMILES string of the molecule is COCC12c3ccccc3C(c3ccccc31)[C@H]1[C@@H]2[C@H](O)[C@@H]2OC[C@H]1O2. The van der Waals surface area contributed by atoms with Gasteiger partial charge in [-0.25, -0.2) is 0 Å². The molecule has 0 saturated carbocycles. The molecule has 7 rings (SSSR count). The smallest absolute Gasteiger partial charge is 0.184 e. The third-order valence-electron chi connectivity index (χ3n) is 7.10. The second-order valence-corrected chi connectivity index (χ2v) is 8.03. The molecule has 0 spiro atoms. The molecule has 4 bridgehead atoms. The van der Waals surface area contributed by atoms with Gasteiger partial charge in [0.05, 0.1) is 24.7 Å². The van der Waals surface area contributed by atoms with Crippen LogP contribution < -0.4 is 0 Å². The molecule has 0 amide bonds. The van der Waals surface area contributed by atoms with Crippen LogP contribution in [0.5, 0.6) is 0 Å². The van der Waals surface area contributed by atoms with E-state index in [1.807, 2.05) is 0 Å². The van der Waals surface area contributed by atoms with Gasteiger partial charge in [0.25, 0.3) is 0 Å². The fourth-order valence-corrected chi connectivity index (χ4v) is 6.41. The highest BCUT2D eigenvalue weighted by Crippen LogP contribution is 2.65. The lowest BCUT2D eigenvalue weighted by molar-refractivity contribution is -0.215. The maximum absolute atomic E-state index is 11.3. The van der Waals surface area contributed by atoms with E-state index in [0.717, 1.165) is 0 Å². The van der Waals surface area contributed by atoms with Crippen molar-refractivity contribution in [3.8, 4) is 0 Å². The predicted octanol–water partition coefficient (Wildman–Crippen LogP) is 2.43. The monoisotopic (exact) mass is 350 g/mol. The van der Waals surface area contributed by atoms with E-state index in [1.165, 1.54) is 22.3 Å². The fourth-order valence-electron chi connectivity index (χ4n) is 6.41. The normalized spacial score (nSPS) is 41.5. The van der Waals surface area contributed by atoms with Gasteiger partial charge in [0, 0.05) is 24.9 Å². The van der Waals surface area contributed by atoms with Crippen molar-refractivity contribution in [1.29, 1.82) is 0 Å². The molecule has 0 radical (unpaired) electrons. The van der Waals surface area contributed by atoms with Crippen LogP contribution in [0.2, 0.25) is 0 Å². The molecule has 2 aliphatic heterocycles. The minimum Gasteiger partial charge on any atom is -0.387 e. The average molecular weight is 350 g/mol. The van der Waals surface area contributed by atoms with Crippen LogP contribution in [0.15, 0.2) is 48.5 Å². The van der Waals surface area contributed by atoms with Gasteiger partial charge in [-0.1, -0.05) is 48.5 Å². The van der Waals surface area contributed by atoms with Crippen molar-refractivity contribution in [2.24, 2.45) is 11.8 Å². The topological polar surface area (TPSA) is 47.9 Å². The van der Waals surface area contributed by atoms with E-state index in [-0.39, 0.29) is 29.3 Å². The van der Waals surface area contributed by atoms with Crippen LogP contribution in [-0.4, -0.2) is 43.9 Å². The second-order valence-electron chi connectivity index (χ2n) is 8.03. The van der Waals surface area contributed by atoms with Crippen molar-refractivity contribution in [3.63, 3.8) is 0 Å². The molecule has 5 atom stereocenters. The van der Waals surface area contributed by atoms with E-state index >= 15 is 0 Å². The molecule has 2 aromatic rings. The number of methoxy groups -OCH3 is 1. The first-order valence-corrected chi connectivity index (χ1v) is 9.40. The third kappa shape index (κ3) is 1.61. The van der Waals surface area contributed by atoms with E-state index in [1.54, 1.807) is 7.11 Å². The van der Waals surface area contributed by atoms with Crippen LogP contribution in [0.1, 0.15) is 28.2 Å². The van der Waals surface area contributed by atoms with Crippen molar-refractivity contribution in [3.05, 3.63) is 70.8 Å². The number of aliphatic hydroxyl groups is 1. The zero-order valence-electron chi connectivity index (χ0n) is 14.7. The Kier molecular flexibility index (Phi) is 3.05. The number of benzene rings is 2. The Balaban J connectivity index is 1.71. The van der Waals surface area contributed by atoms with E-state index < -0.39 is 12.4 Å². The zero-order valence-corrected chi connectivity index (χ0v) is 14.7. The lowest BCUT2D eigenvalue weighted by atomic mass is 9.44. The van der Waals surface area contributed by atoms with Crippen LogP contribution >= 0.6 is 0 Å². The third-order valence-corrected chi connectivity index (χ3v) is 7.10. The molecule has 5 aliphatic rings. The lowest BCUT2D eigenvalue weighted by Gasteiger charge is -2.61. The molecule has 1 N–H and O–H groups in total. The highest BCUT2D eigenvalue weighted by Gasteiger charge is 2.67. The van der Waals surface area contributed by atoms with Crippen molar-refractivity contribution < 1.29 is 19.3 Å². The van der Waals surface area contributed by atoms with Crippen molar-refractivity contribution in [2.75, 3.05) is 20.3 Å². The summed E-state index contributed by atoms with van der Waals surface area (Å²) in [6, 6.07) is 17.4. The highest BCUT2D eigenvalue weighted by molar-refractivity contribution is 5.61. The van der Waals surface area contributed by atoms with Gasteiger partial charge in [-0.15, -0.1) is 0 Å². The first-order chi connectivity index (χ1) is 12.8. The average Bonchev–Trinajstić information content (AvgIpc) is 3.12. The molecular weight excluding hydrogens is 328 g/mol. The Morgan fingerprint density at radius 3 is 2.38 bits per heavy atom. The first kappa shape index (κ1) is 15.3. The van der Waals surface area contributed by atoms with E-state index in [0.29, 0.717) is 13.2 Å². The van der Waals surface area contributed by atoms with Gasteiger partial charge < -0.3 is 19.3 Å². The fraction of sp³-hybridized carbons (Fsp3) is 0.455. The molecule has 2 aromatic carbocycles. The van der Waals surface area contributed by atoms with Gasteiger partial charge in [0.2, 0.25) is 0 Å². The Bertz CT molecular complexity index is 830. The minimum atomic E-state index is -0.655. The summed E-state index contributed by atoms with van der Waals surface area (Å²) in [6.45, 7) is 1.11. The predicted molar refractivity (Wildman–Crippen MR) is 95.0 cm³/mol. The van der Waals surface area contributed by atoms with Gasteiger partial charge in [-0.2, -0.15) is 0 Å². The molecule has 4 nitrogen and oxygen atoms in total. The number of fused-ring (bicyclic) bond motifs is 2. The Hall–Kier alpha value is -1.72. The zero-order chi connectivity index (χ0) is 17.5. The number of hydrogen-bond donors (Lipinski definition) is 1. The number of aliphatic hydroxyl groups excluding tert-OH is 1. The van der Waals surface area contributed by atoms with Crippen LogP contribution in [0.25, 0.3) is 0 Å². The molecule has 0 unspecified atom stereocenters. The van der Waals surface area contributed by atoms with Gasteiger partial charge >= 0.3 is 0 Å². The quantitative estimate of drug-likeness (QED) is 0.904. The Morgan fingerprint density at radius 2 is 1.73 bits per heavy atom. The summed E-state index contributed by atoms with van der Waals surface area (Å²) in [7, 11) is 1.76. The lowest BCUT2D eigenvalue weighted by Crippen LogP contribution is -2.64. The molecule has 3 aliphatic carbocycles. The van der Waals surface area contributed by atoms with Crippen LogP contribution in [0.4, 0.5) is 0 Å². The van der Waals surface area contributed by atoms with Crippen LogP contribution in [0, 0.1) is 11.8 Å². The first-order valence-electron chi connectivity index (χ1n) is 9.40. The van der Waals surface area contributed by atoms with E-state index in [2.05, 4.69) is 48.5 Å². The molecule has 2 heterocycles. The summed E-state index contributed by atoms with van der Waals surface area (Å²) in [5.41, 5.74) is 4.94. The summed E-state index contributed by atoms with van der Waals surface area (Å²) in [6.07, 6.45) is -1.15. The van der Waals surface area contributed by atoms with Gasteiger partial charge in [0.15, 0.2) is 6.29 Å². The van der Waals surface area contributed by atoms with Crippen molar-refractivity contribution in [1.82, 2.24) is 0 Å². The maximum atomic E-state index is 11.3. The van der Waals surface area contributed by atoms with Crippen LogP contribution in [-0.2, 0) is 19.6 Å². The molecule has 2 saturated heterocycles. The summed E-state index contributed by atoms with van der Waals surface area (Å²) >= 11 is 0. The molecule has 26 heavy (non-hydrogen) atoms. The summed E-state index contributed by atoms with van der Waals surface area (Å²) in [4.78, 5) is 0. The van der Waals surface area contributed by atoms with Crippen molar-refractivity contribution in [2.45, 2.75) is 29.8 Å². The van der Waals surface area contributed by atoms with Gasteiger partial charge in [-0.3, -0.25) is 0 Å². The summed E-state index contributed by atoms with van der Waals surface area (Å²) < 4.78 is 17.7. The second kappa shape index (κ2) is 5.17. The number of rotatable bonds is 2. The molecule has 4 heteroatoms. The standard InChI is InChI=1S/C22H22O4/c1-24-11-22-14-8-4-2-6-12(14)17(13-7-3-5-9-15(13)22)18-16-10-25-21(26-16)20(23)19(18)22/h2-9,16-21,23H,10-11H2,1H3/t16-,17?,18+,19-,20+,21-,22?/m1/s1. The summed E-state index contributed by atoms with van der Waals surface area (Å²) in [5, 5.41) is 11.3. The molecule has 134 valence electrons. The summed E-state index contributed by atoms with van der Waals surface area (Å²) in [5.74, 6) is 0.459.